The quantitative estimate of drug-likeness (QED) is 0.0193. The van der Waals surface area contributed by atoms with E-state index in [-0.39, 0.29) is 68.0 Å². The molecule has 0 radical (unpaired) electrons. The summed E-state index contributed by atoms with van der Waals surface area (Å²) in [5.41, 5.74) is -4.94. The Bertz CT molecular complexity index is 4120. The third kappa shape index (κ3) is 28.2. The van der Waals surface area contributed by atoms with E-state index in [4.69, 9.17) is 79.8 Å². The van der Waals surface area contributed by atoms with Crippen LogP contribution in [0.25, 0.3) is 0 Å². The average Bonchev–Trinajstić information content (AvgIpc) is 1.62. The van der Waals surface area contributed by atoms with E-state index in [1.54, 1.807) is 66.7 Å². The SMILES string of the molecule is CCCOC(=O)[C@H](C)N[P@](=O)(OC[C@H]1O[C@@H](N2C=CC(=O)CC2=O)C[C@@H]1O)Oc1ccccc1.CCCOC(=O)[C@H](C)N[P@](=O)(OC[C@H]1O[C@@H](N2C=CC(=O)CC2=O)[C@](C)(F)[C@@H]1O)Oc1ccccc1.C[C@H](N[P@](=O)(OC[C@H]1O[C@@H](N2C=CC(=O)CC2=O)[C@](C)(F)[C@@H]1O)Oc1ccccc1)C(=O)O[C@@H](C)C(=O)O.O=C=O.O=C=O. The first-order valence-corrected chi connectivity index (χ1v) is 39.4. The highest BCUT2D eigenvalue weighted by atomic mass is 31.2. The van der Waals surface area contributed by atoms with E-state index in [0.29, 0.717) is 12.8 Å². The number of nitrogens with one attached hydrogen (secondary N) is 3. The predicted octanol–water partition coefficient (Wildman–Crippen LogP) is 4.31. The molecule has 0 aliphatic carbocycles. The van der Waals surface area contributed by atoms with E-state index in [1.807, 2.05) is 13.8 Å². The van der Waals surface area contributed by atoms with E-state index in [1.165, 1.54) is 62.2 Å². The molecule has 0 saturated carbocycles. The zero-order valence-corrected chi connectivity index (χ0v) is 65.2. The standard InChI is InChI=1S/C23H28FN2O11P.C23H30FN2O9P.C22H29N2O9P.2CO2/c1-13(21(32)35-14(2)20(30)31)25-38(33,37-16-7-5-4-6-8-16)34-12-17-19(29)23(3,24)22(36-17)26-10-9-15(27)11-18(26)28;1-4-12-32-21(30)15(2)25-36(31,35-17-8-6-5-7-9-17)33-14-18-20(29)23(3,24)22(34-18)26-11-10-16(27)13-19(26)28;1-3-11-30-22(28)15(2)23-34(29,33-17-7-5-4-6-8-17)31-14-19-18(26)13-21(32-19)24-10-9-16(25)12-20(24)27;2*2-1-3/h4-10,13-14,17,19,22,29H,11-12H2,1-3H3,(H,25,33)(H,30,31);5-11,15,18,20,22,29H,4,12-14H2,1-3H3,(H,25,31);4-10,15,18-19,21,26H,3,11-14H2,1-2H3,(H,23,29);;/t13-,14-,17+,19+,22+,23+,38-;15-,18+,20+,22+,23+,36-;15-,18-,19+,21+,34-;;/m000../s1. The summed E-state index contributed by atoms with van der Waals surface area (Å²) in [5, 5.41) is 47.9. The number of carbonyl (C=O) groups excluding carboxylic acids is 13. The number of carbonyl (C=O) groups is 10. The highest BCUT2D eigenvalue weighted by Crippen LogP contribution is 2.50. The number of rotatable bonds is 33. The molecule has 0 unspecified atom stereocenters. The van der Waals surface area contributed by atoms with Crippen molar-refractivity contribution in [3.8, 4) is 17.2 Å². The Morgan fingerprint density at radius 2 is 0.825 bits per heavy atom. The number of halogens is 2. The summed E-state index contributed by atoms with van der Waals surface area (Å²) >= 11 is 0. The number of para-hydroxylation sites is 3. The molecule has 39 nitrogen and oxygen atoms in total. The molecule has 0 bridgehead atoms. The highest BCUT2D eigenvalue weighted by Gasteiger charge is 2.59. The zero-order valence-electron chi connectivity index (χ0n) is 62.5. The summed E-state index contributed by atoms with van der Waals surface area (Å²) in [4.78, 5) is 154. The van der Waals surface area contributed by atoms with Crippen LogP contribution in [-0.4, -0.2) is 230 Å². The van der Waals surface area contributed by atoms with Crippen LogP contribution >= 0.6 is 23.2 Å². The summed E-state index contributed by atoms with van der Waals surface area (Å²) in [5.74, 6) is -6.38. The van der Waals surface area contributed by atoms with Gasteiger partial charge in [0.1, 0.15) is 72.1 Å². The molecular weight excluding hydrogens is 1580 g/mol. The van der Waals surface area contributed by atoms with Crippen LogP contribution in [0.1, 0.15) is 93.9 Å². The van der Waals surface area contributed by atoms with Crippen LogP contribution in [0.2, 0.25) is 0 Å². The number of ether oxygens (including phenoxy) is 6. The van der Waals surface area contributed by atoms with Crippen LogP contribution in [0.5, 0.6) is 17.2 Å². The second-order valence-corrected chi connectivity index (χ2v) is 30.6. The van der Waals surface area contributed by atoms with Crippen LogP contribution in [-0.2, 0) is 123 Å². The van der Waals surface area contributed by atoms with Crippen LogP contribution in [0, 0.1) is 0 Å². The van der Waals surface area contributed by atoms with E-state index >= 15 is 8.78 Å². The van der Waals surface area contributed by atoms with Crippen molar-refractivity contribution in [1.29, 1.82) is 0 Å². The Kier molecular flexibility index (Phi) is 36.9. The van der Waals surface area contributed by atoms with Crippen molar-refractivity contribution in [3.05, 3.63) is 128 Å². The number of carboxylic acid groups (broad SMARTS) is 1. The topological polar surface area (TPSA) is 528 Å². The molecule has 3 saturated heterocycles. The Morgan fingerprint density at radius 1 is 0.518 bits per heavy atom. The van der Waals surface area contributed by atoms with Crippen LogP contribution in [0.3, 0.4) is 0 Å². The van der Waals surface area contributed by atoms with E-state index in [2.05, 4.69) is 15.3 Å². The van der Waals surface area contributed by atoms with Gasteiger partial charge in [-0.05, 0) is 109 Å². The summed E-state index contributed by atoms with van der Waals surface area (Å²) in [6, 6.07) is 20.5. The molecule has 3 aromatic carbocycles. The fourth-order valence-electron chi connectivity index (χ4n) is 10.5. The third-order valence-electron chi connectivity index (χ3n) is 16.3. The maximum absolute atomic E-state index is 15.5. The van der Waals surface area contributed by atoms with Crippen molar-refractivity contribution in [3.63, 3.8) is 0 Å². The second kappa shape index (κ2) is 44.3. The van der Waals surface area contributed by atoms with Crippen LogP contribution in [0.4, 0.5) is 8.78 Å². The summed E-state index contributed by atoms with van der Waals surface area (Å²) in [6.07, 6.45) is -6.33. The fraction of sp³-hybridized carbons (Fsp3) is 0.486. The van der Waals surface area contributed by atoms with Crippen molar-refractivity contribution in [2.75, 3.05) is 33.0 Å². The maximum atomic E-state index is 15.5. The second-order valence-electron chi connectivity index (χ2n) is 25.5. The number of hydrogen-bond acceptors (Lipinski definition) is 32. The van der Waals surface area contributed by atoms with Gasteiger partial charge in [-0.15, -0.1) is 0 Å². The molecule has 44 heteroatoms. The molecule has 9 rings (SSSR count). The molecule has 0 aromatic heterocycles. The first kappa shape index (κ1) is 95.0. The van der Waals surface area contributed by atoms with Crippen molar-refractivity contribution >= 4 is 94.5 Å². The minimum Gasteiger partial charge on any atom is -0.479 e. The van der Waals surface area contributed by atoms with E-state index < -0.39 is 193 Å². The predicted molar refractivity (Wildman–Crippen MR) is 380 cm³/mol. The molecule has 3 amide bonds. The Hall–Kier alpha value is -9.59. The number of allylic oxidation sites excluding steroid dienone is 3. The fourth-order valence-corrected chi connectivity index (χ4v) is 15.1. The first-order valence-electron chi connectivity index (χ1n) is 34.7. The van der Waals surface area contributed by atoms with Crippen molar-refractivity contribution in [1.82, 2.24) is 30.0 Å². The molecule has 624 valence electrons. The average molecular weight is 1670 g/mol. The number of aliphatic hydroxyl groups excluding tert-OH is 3. The normalized spacial score (nSPS) is 26.1. The van der Waals surface area contributed by atoms with Gasteiger partial charge in [-0.3, -0.25) is 71.4 Å². The minimum absolute atomic E-state index is 0.0672. The highest BCUT2D eigenvalue weighted by molar-refractivity contribution is 7.52. The Labute approximate surface area is 650 Å². The molecule has 6 aliphatic rings. The first-order chi connectivity index (χ1) is 53.7. The summed E-state index contributed by atoms with van der Waals surface area (Å²) < 4.78 is 136. The molecule has 0 spiro atoms. The lowest BCUT2D eigenvalue weighted by Gasteiger charge is -2.32. The van der Waals surface area contributed by atoms with Gasteiger partial charge in [0.15, 0.2) is 47.2 Å². The van der Waals surface area contributed by atoms with Crippen molar-refractivity contribution < 1.29 is 166 Å². The van der Waals surface area contributed by atoms with Crippen molar-refractivity contribution in [2.24, 2.45) is 0 Å². The maximum Gasteiger partial charge on any atom is 0.459 e. The molecule has 6 heterocycles. The Morgan fingerprint density at radius 3 is 1.13 bits per heavy atom. The van der Waals surface area contributed by atoms with Crippen LogP contribution in [0.15, 0.2) is 128 Å². The minimum atomic E-state index is -4.46. The van der Waals surface area contributed by atoms with Gasteiger partial charge in [0.25, 0.3) is 0 Å². The summed E-state index contributed by atoms with van der Waals surface area (Å²) in [6.45, 7) is 9.66. The van der Waals surface area contributed by atoms with Crippen molar-refractivity contribution in [2.45, 2.75) is 185 Å². The monoisotopic (exact) mass is 1670 g/mol. The van der Waals surface area contributed by atoms with Gasteiger partial charge in [0.2, 0.25) is 17.7 Å². The lowest BCUT2D eigenvalue weighted by molar-refractivity contribution is -0.193. The smallest absolute Gasteiger partial charge is 0.459 e. The number of benzene rings is 3. The van der Waals surface area contributed by atoms with E-state index in [9.17, 15) is 77.0 Å². The van der Waals surface area contributed by atoms with Gasteiger partial charge in [0, 0.05) is 25.0 Å². The largest absolute Gasteiger partial charge is 0.479 e. The van der Waals surface area contributed by atoms with Gasteiger partial charge < -0.3 is 62.4 Å². The zero-order chi connectivity index (χ0) is 84.9. The van der Waals surface area contributed by atoms with Gasteiger partial charge in [0.05, 0.1) is 58.4 Å². The molecule has 3 aromatic rings. The Balaban J connectivity index is 0.000000295. The lowest BCUT2D eigenvalue weighted by atomic mass is 9.97. The van der Waals surface area contributed by atoms with Crippen LogP contribution < -0.4 is 28.8 Å². The summed E-state index contributed by atoms with van der Waals surface area (Å²) in [7, 11) is -12.9. The number of hydrogen-bond donors (Lipinski definition) is 7. The van der Waals surface area contributed by atoms with Gasteiger partial charge in [-0.2, -0.15) is 34.4 Å². The van der Waals surface area contributed by atoms with Gasteiger partial charge in [-0.25, -0.2) is 27.3 Å². The number of aliphatic carboxylic acids is 1. The number of ketones is 3. The van der Waals surface area contributed by atoms with E-state index in [0.717, 1.165) is 55.1 Å². The number of esters is 3. The number of aliphatic hydroxyl groups is 3. The molecular formula is C70H87F2N6O33P3. The molecule has 7 N–H and O–H groups in total. The number of amides is 3. The third-order valence-corrected chi connectivity index (χ3v) is 21.3. The molecule has 18 atom stereocenters. The van der Waals surface area contributed by atoms with Gasteiger partial charge >= 0.3 is 59.4 Å². The lowest BCUT2D eigenvalue weighted by Crippen LogP contribution is -2.51. The molecule has 6 aliphatic heterocycles. The number of alkyl halides is 2. The molecule has 114 heavy (non-hydrogen) atoms. The number of carboxylic acids is 1. The van der Waals surface area contributed by atoms with Gasteiger partial charge in [-0.1, -0.05) is 68.4 Å². The molecule has 3 fully saturated rings. The number of nitrogens with zero attached hydrogens (tertiary/aromatic N) is 3.